The Kier molecular flexibility index (Phi) is 3.29. The van der Waals surface area contributed by atoms with E-state index in [4.69, 9.17) is 9.57 Å². The van der Waals surface area contributed by atoms with Crippen LogP contribution in [-0.2, 0) is 16.1 Å². The van der Waals surface area contributed by atoms with Crippen LogP contribution in [0.25, 0.3) is 0 Å². The number of fused-ring (bicyclic) bond motifs is 3. The zero-order valence-corrected chi connectivity index (χ0v) is 12.0. The van der Waals surface area contributed by atoms with E-state index in [9.17, 15) is 23.8 Å². The molecule has 1 saturated carbocycles. The number of carbonyl (C=O) groups is 1. The van der Waals surface area contributed by atoms with E-state index in [0.717, 1.165) is 17.2 Å². The Morgan fingerprint density at radius 3 is 2.74 bits per heavy atom. The highest BCUT2D eigenvalue weighted by atomic mass is 19.1. The van der Waals surface area contributed by atoms with Crippen LogP contribution in [0.5, 0.6) is 5.75 Å². The fraction of sp³-hybridized carbons (Fsp3) is 0.533. The molecule has 2 aliphatic heterocycles. The van der Waals surface area contributed by atoms with Gasteiger partial charge in [-0.15, -0.1) is 0 Å². The topological polar surface area (TPSA) is 79.2 Å². The van der Waals surface area contributed by atoms with Crippen LogP contribution in [0.1, 0.15) is 12.0 Å². The number of aliphatic hydroxyl groups excluding tert-OH is 2. The molecular weight excluding hydrogens is 312 g/mol. The predicted octanol–water partition coefficient (Wildman–Crippen LogP) is 0.152. The summed E-state index contributed by atoms with van der Waals surface area (Å²) in [6.45, 7) is -0.0513. The highest BCUT2D eigenvalue weighted by molar-refractivity contribution is 5.79. The molecule has 1 unspecified atom stereocenters. The van der Waals surface area contributed by atoms with Crippen molar-refractivity contribution in [2.75, 3.05) is 6.61 Å². The number of ether oxygens (including phenoxy) is 1. The summed E-state index contributed by atoms with van der Waals surface area (Å²) in [7, 11) is 0. The van der Waals surface area contributed by atoms with Crippen LogP contribution in [0.4, 0.5) is 8.78 Å². The Hall–Kier alpha value is -1.77. The lowest BCUT2D eigenvalue weighted by Gasteiger charge is -2.35. The van der Waals surface area contributed by atoms with Crippen LogP contribution < -0.4 is 4.74 Å². The maximum absolute atomic E-state index is 13.6. The maximum atomic E-state index is 13.6. The van der Waals surface area contributed by atoms with E-state index in [1.807, 2.05) is 0 Å². The fourth-order valence-electron chi connectivity index (χ4n) is 3.52. The van der Waals surface area contributed by atoms with Crippen LogP contribution in [0.2, 0.25) is 0 Å². The van der Waals surface area contributed by atoms with Crippen molar-refractivity contribution in [3.63, 3.8) is 0 Å². The Bertz CT molecular complexity index is 668. The number of carbonyl (C=O) groups excluding carboxylic acids is 1. The largest absolute Gasteiger partial charge is 0.489 e. The minimum absolute atomic E-state index is 0.0326. The highest BCUT2D eigenvalue weighted by Crippen LogP contribution is 2.38. The molecule has 3 aliphatic rings. The Morgan fingerprint density at radius 2 is 2.04 bits per heavy atom. The van der Waals surface area contributed by atoms with E-state index in [-0.39, 0.29) is 24.3 Å². The van der Waals surface area contributed by atoms with Crippen LogP contribution >= 0.6 is 0 Å². The van der Waals surface area contributed by atoms with Crippen LogP contribution in [0.15, 0.2) is 12.1 Å². The number of aliphatic hydroxyl groups is 2. The molecule has 1 aromatic rings. The van der Waals surface area contributed by atoms with Gasteiger partial charge in [0.15, 0.2) is 11.6 Å². The smallest absolute Gasteiger partial charge is 0.253 e. The van der Waals surface area contributed by atoms with Gasteiger partial charge in [0.1, 0.15) is 30.7 Å². The predicted molar refractivity (Wildman–Crippen MR) is 71.2 cm³/mol. The molecule has 23 heavy (non-hydrogen) atoms. The van der Waals surface area contributed by atoms with Gasteiger partial charge in [-0.25, -0.2) is 13.8 Å². The third-order valence-corrected chi connectivity index (χ3v) is 4.70. The third-order valence-electron chi connectivity index (χ3n) is 4.70. The quantitative estimate of drug-likeness (QED) is 0.768. The second-order valence-corrected chi connectivity index (χ2v) is 6.18. The van der Waals surface area contributed by atoms with Gasteiger partial charge in [0.25, 0.3) is 5.91 Å². The number of amides is 1. The molecule has 0 aromatic heterocycles. The molecule has 1 saturated heterocycles. The van der Waals surface area contributed by atoms with E-state index in [1.54, 1.807) is 0 Å². The molecule has 5 atom stereocenters. The average molecular weight is 327 g/mol. The lowest BCUT2D eigenvalue weighted by molar-refractivity contribution is -0.242. The van der Waals surface area contributed by atoms with E-state index >= 15 is 0 Å². The van der Waals surface area contributed by atoms with E-state index < -0.39 is 47.8 Å². The minimum Gasteiger partial charge on any atom is -0.489 e. The monoisotopic (exact) mass is 327 g/mol. The summed E-state index contributed by atoms with van der Waals surface area (Å²) in [5, 5.41) is 20.6. The molecule has 1 aromatic carbocycles. The Balaban J connectivity index is 1.53. The number of hydrogen-bond donors (Lipinski definition) is 2. The molecule has 8 heteroatoms. The van der Waals surface area contributed by atoms with Crippen LogP contribution in [0.3, 0.4) is 0 Å². The van der Waals surface area contributed by atoms with Gasteiger partial charge in [0.05, 0.1) is 12.0 Å². The number of rotatable bonds is 1. The zero-order valence-electron chi connectivity index (χ0n) is 12.0. The standard InChI is InChI=1S/C15H15F2NO5/c16-8-2-6-1-7(5-22-14(6)9(17)3-8)15(21)18-10-4-11(23-18)13(20)12(10)19/h2-3,7,10-13,19-20H,1,4-5H2/t7?,10-,11+,12+,13-/m0/s1. The van der Waals surface area contributed by atoms with Gasteiger partial charge in [-0.1, -0.05) is 0 Å². The molecule has 0 spiro atoms. The van der Waals surface area contributed by atoms with Crippen molar-refractivity contribution in [3.8, 4) is 5.75 Å². The van der Waals surface area contributed by atoms with Crippen molar-refractivity contribution in [3.05, 3.63) is 29.3 Å². The second-order valence-electron chi connectivity index (χ2n) is 6.18. The second kappa shape index (κ2) is 5.12. The SMILES string of the molecule is O=C(C1COc2c(F)cc(F)cc2C1)N1O[C@@H]2C[C@H]1[C@@H](O)[C@H]2O. The van der Waals surface area contributed by atoms with Gasteiger partial charge < -0.3 is 14.9 Å². The zero-order chi connectivity index (χ0) is 16.3. The fourth-order valence-corrected chi connectivity index (χ4v) is 3.52. The Morgan fingerprint density at radius 1 is 1.26 bits per heavy atom. The van der Waals surface area contributed by atoms with Crippen molar-refractivity contribution < 1.29 is 33.4 Å². The van der Waals surface area contributed by atoms with Crippen molar-refractivity contribution in [1.29, 1.82) is 0 Å². The third kappa shape index (κ3) is 2.20. The van der Waals surface area contributed by atoms with Gasteiger partial charge in [-0.3, -0.25) is 9.63 Å². The highest BCUT2D eigenvalue weighted by Gasteiger charge is 2.55. The van der Waals surface area contributed by atoms with Crippen LogP contribution in [-0.4, -0.2) is 52.1 Å². The first-order valence-corrected chi connectivity index (χ1v) is 7.42. The number of benzene rings is 1. The lowest BCUT2D eigenvalue weighted by Crippen LogP contribution is -2.53. The molecule has 0 radical (unpaired) electrons. The van der Waals surface area contributed by atoms with E-state index in [1.165, 1.54) is 0 Å². The molecule has 124 valence electrons. The van der Waals surface area contributed by atoms with Crippen molar-refractivity contribution in [2.45, 2.75) is 37.2 Å². The molecule has 1 amide bonds. The summed E-state index contributed by atoms with van der Waals surface area (Å²) in [6.07, 6.45) is -2.18. The first-order chi connectivity index (χ1) is 11.0. The van der Waals surface area contributed by atoms with Gasteiger partial charge in [-0.05, 0) is 12.5 Å². The van der Waals surface area contributed by atoms with Crippen molar-refractivity contribution >= 4 is 5.91 Å². The molecule has 2 heterocycles. The van der Waals surface area contributed by atoms with Gasteiger partial charge in [-0.2, -0.15) is 0 Å². The number of halogens is 2. The average Bonchev–Trinajstić information content (AvgIpc) is 3.06. The first kappa shape index (κ1) is 14.8. The summed E-state index contributed by atoms with van der Waals surface area (Å²) in [6, 6.07) is 1.28. The summed E-state index contributed by atoms with van der Waals surface area (Å²) >= 11 is 0. The van der Waals surface area contributed by atoms with Crippen molar-refractivity contribution in [1.82, 2.24) is 5.06 Å². The number of hydroxylamine groups is 2. The Labute approximate surface area is 130 Å². The summed E-state index contributed by atoms with van der Waals surface area (Å²) in [4.78, 5) is 17.9. The molecule has 2 fully saturated rings. The number of hydrogen-bond acceptors (Lipinski definition) is 5. The van der Waals surface area contributed by atoms with Crippen LogP contribution in [0, 0.1) is 17.6 Å². The van der Waals surface area contributed by atoms with E-state index in [0.29, 0.717) is 6.42 Å². The normalized spacial score (nSPS) is 35.1. The molecular formula is C15H15F2NO5. The summed E-state index contributed by atoms with van der Waals surface area (Å²) in [5.74, 6) is -2.63. The molecule has 2 bridgehead atoms. The summed E-state index contributed by atoms with van der Waals surface area (Å²) in [5.41, 5.74) is 0.289. The maximum Gasteiger partial charge on any atom is 0.253 e. The van der Waals surface area contributed by atoms with E-state index in [2.05, 4.69) is 0 Å². The molecule has 1 aliphatic carbocycles. The first-order valence-electron chi connectivity index (χ1n) is 7.42. The molecule has 6 nitrogen and oxygen atoms in total. The van der Waals surface area contributed by atoms with Gasteiger partial charge in [0.2, 0.25) is 0 Å². The minimum atomic E-state index is -1.05. The van der Waals surface area contributed by atoms with Crippen molar-refractivity contribution in [2.24, 2.45) is 5.92 Å². The van der Waals surface area contributed by atoms with Gasteiger partial charge in [0, 0.05) is 18.1 Å². The molecule has 2 N–H and O–H groups in total. The van der Waals surface area contributed by atoms with Gasteiger partial charge >= 0.3 is 0 Å². The summed E-state index contributed by atoms with van der Waals surface area (Å²) < 4.78 is 32.2. The number of nitrogens with zero attached hydrogens (tertiary/aromatic N) is 1. The molecule has 4 rings (SSSR count). The lowest BCUT2D eigenvalue weighted by atomic mass is 9.95.